The first-order valence-corrected chi connectivity index (χ1v) is 10.7. The molecule has 0 aliphatic carbocycles. The summed E-state index contributed by atoms with van der Waals surface area (Å²) in [4.78, 5) is 29.1. The lowest BCUT2D eigenvalue weighted by molar-refractivity contribution is 0.0526. The van der Waals surface area contributed by atoms with Gasteiger partial charge < -0.3 is 14.5 Å². The lowest BCUT2D eigenvalue weighted by Crippen LogP contribution is -2.13. The molecule has 3 aromatic carbocycles. The SMILES string of the molecule is CCOC(=O)c1ccc(NC(=O)c2ccccc2-c2ncc(-c3cccc(Br)c3)o2)cc1. The first-order valence-electron chi connectivity index (χ1n) is 9.95. The summed E-state index contributed by atoms with van der Waals surface area (Å²) in [7, 11) is 0. The number of carbonyl (C=O) groups excluding carboxylic acids is 2. The average molecular weight is 491 g/mol. The summed E-state index contributed by atoms with van der Waals surface area (Å²) in [6.45, 7) is 2.05. The van der Waals surface area contributed by atoms with E-state index in [-0.39, 0.29) is 5.91 Å². The minimum absolute atomic E-state index is 0.304. The van der Waals surface area contributed by atoms with Gasteiger partial charge in [0, 0.05) is 21.3 Å². The Bertz CT molecular complexity index is 1260. The first kappa shape index (κ1) is 21.5. The van der Waals surface area contributed by atoms with Crippen LogP contribution >= 0.6 is 15.9 Å². The number of oxazole rings is 1. The van der Waals surface area contributed by atoms with Crippen molar-refractivity contribution in [2.45, 2.75) is 6.92 Å². The van der Waals surface area contributed by atoms with Gasteiger partial charge >= 0.3 is 5.97 Å². The van der Waals surface area contributed by atoms with Crippen molar-refractivity contribution in [3.05, 3.63) is 94.6 Å². The van der Waals surface area contributed by atoms with Gasteiger partial charge in [-0.1, -0.05) is 40.2 Å². The van der Waals surface area contributed by atoms with Crippen LogP contribution in [0.5, 0.6) is 0 Å². The molecule has 4 aromatic rings. The second-order valence-corrected chi connectivity index (χ2v) is 7.75. The van der Waals surface area contributed by atoms with Crippen molar-refractivity contribution < 1.29 is 18.7 Å². The Morgan fingerprint density at radius 3 is 2.56 bits per heavy atom. The lowest BCUT2D eigenvalue weighted by atomic mass is 10.1. The molecule has 0 atom stereocenters. The summed E-state index contributed by atoms with van der Waals surface area (Å²) in [6.07, 6.45) is 1.64. The number of esters is 1. The van der Waals surface area contributed by atoms with Gasteiger partial charge in [0.15, 0.2) is 5.76 Å². The summed E-state index contributed by atoms with van der Waals surface area (Å²) >= 11 is 3.45. The standard InChI is InChI=1S/C25H19BrN2O4/c1-2-31-25(30)16-10-12-19(13-11-16)28-23(29)20-8-3-4-9-21(20)24-27-15-22(32-24)17-6-5-7-18(26)14-17/h3-15H,2H2,1H3,(H,28,29). The molecule has 0 spiro atoms. The van der Waals surface area contributed by atoms with E-state index in [1.165, 1.54) is 0 Å². The maximum atomic E-state index is 13.0. The Balaban J connectivity index is 1.56. The van der Waals surface area contributed by atoms with Crippen molar-refractivity contribution in [3.63, 3.8) is 0 Å². The lowest BCUT2D eigenvalue weighted by Gasteiger charge is -2.09. The quantitative estimate of drug-likeness (QED) is 0.325. The number of amides is 1. The van der Waals surface area contributed by atoms with Gasteiger partial charge in [-0.05, 0) is 55.5 Å². The van der Waals surface area contributed by atoms with E-state index in [1.54, 1.807) is 55.6 Å². The van der Waals surface area contributed by atoms with Gasteiger partial charge in [-0.3, -0.25) is 4.79 Å². The van der Waals surface area contributed by atoms with Crippen LogP contribution in [-0.2, 0) is 4.74 Å². The van der Waals surface area contributed by atoms with Crippen LogP contribution in [0.3, 0.4) is 0 Å². The number of carbonyl (C=O) groups is 2. The van der Waals surface area contributed by atoms with E-state index < -0.39 is 5.97 Å². The molecule has 1 N–H and O–H groups in total. The van der Waals surface area contributed by atoms with Crippen molar-refractivity contribution in [3.8, 4) is 22.8 Å². The number of nitrogens with zero attached hydrogens (tertiary/aromatic N) is 1. The summed E-state index contributed by atoms with van der Waals surface area (Å²) in [6, 6.07) is 21.3. The topological polar surface area (TPSA) is 81.4 Å². The zero-order valence-electron chi connectivity index (χ0n) is 17.2. The highest BCUT2D eigenvalue weighted by Crippen LogP contribution is 2.30. The highest BCUT2D eigenvalue weighted by atomic mass is 79.9. The molecule has 0 radical (unpaired) electrons. The first-order chi connectivity index (χ1) is 15.5. The van der Waals surface area contributed by atoms with E-state index in [0.717, 1.165) is 10.0 Å². The molecular formula is C25H19BrN2O4. The maximum absolute atomic E-state index is 13.0. The van der Waals surface area contributed by atoms with Gasteiger partial charge in [0.05, 0.1) is 23.9 Å². The monoisotopic (exact) mass is 490 g/mol. The molecule has 4 rings (SSSR count). The van der Waals surface area contributed by atoms with Crippen LogP contribution in [0.15, 0.2) is 87.9 Å². The molecular weight excluding hydrogens is 472 g/mol. The fraction of sp³-hybridized carbons (Fsp3) is 0.0800. The Hall–Kier alpha value is -3.71. The zero-order chi connectivity index (χ0) is 22.5. The fourth-order valence-corrected chi connectivity index (χ4v) is 3.54. The third-order valence-corrected chi connectivity index (χ3v) is 5.16. The van der Waals surface area contributed by atoms with Crippen molar-refractivity contribution in [1.29, 1.82) is 0 Å². The molecule has 160 valence electrons. The van der Waals surface area contributed by atoms with Gasteiger partial charge in [0.25, 0.3) is 5.91 Å². The number of aromatic nitrogens is 1. The average Bonchev–Trinajstić information content (AvgIpc) is 3.30. The summed E-state index contributed by atoms with van der Waals surface area (Å²) in [5, 5.41) is 2.85. The minimum atomic E-state index is -0.402. The fourth-order valence-electron chi connectivity index (χ4n) is 3.14. The van der Waals surface area contributed by atoms with Crippen LogP contribution in [0.4, 0.5) is 5.69 Å². The van der Waals surface area contributed by atoms with E-state index >= 15 is 0 Å². The predicted octanol–water partition coefficient (Wildman–Crippen LogP) is 6.20. The molecule has 6 nitrogen and oxygen atoms in total. The van der Waals surface area contributed by atoms with E-state index in [9.17, 15) is 9.59 Å². The Labute approximate surface area is 193 Å². The third kappa shape index (κ3) is 4.78. The van der Waals surface area contributed by atoms with Crippen molar-refractivity contribution in [1.82, 2.24) is 4.98 Å². The smallest absolute Gasteiger partial charge is 0.338 e. The van der Waals surface area contributed by atoms with Crippen LogP contribution in [0, 0.1) is 0 Å². The van der Waals surface area contributed by atoms with Crippen molar-refractivity contribution in [2.24, 2.45) is 0 Å². The molecule has 1 heterocycles. The second kappa shape index (κ2) is 9.62. The molecule has 0 saturated carbocycles. The normalized spacial score (nSPS) is 10.6. The highest BCUT2D eigenvalue weighted by Gasteiger charge is 2.17. The number of hydrogen-bond donors (Lipinski definition) is 1. The molecule has 1 aromatic heterocycles. The van der Waals surface area contributed by atoms with Crippen molar-refractivity contribution >= 4 is 33.5 Å². The van der Waals surface area contributed by atoms with Crippen LogP contribution in [0.2, 0.25) is 0 Å². The number of benzene rings is 3. The Kier molecular flexibility index (Phi) is 6.47. The van der Waals surface area contributed by atoms with Crippen LogP contribution < -0.4 is 5.32 Å². The Morgan fingerprint density at radius 2 is 1.81 bits per heavy atom. The molecule has 1 amide bonds. The molecule has 0 saturated heterocycles. The van der Waals surface area contributed by atoms with E-state index in [4.69, 9.17) is 9.15 Å². The molecule has 0 unspecified atom stereocenters. The van der Waals surface area contributed by atoms with Crippen LogP contribution in [-0.4, -0.2) is 23.5 Å². The third-order valence-electron chi connectivity index (χ3n) is 4.67. The second-order valence-electron chi connectivity index (χ2n) is 6.84. The molecule has 0 bridgehead atoms. The van der Waals surface area contributed by atoms with Gasteiger partial charge in [0.2, 0.25) is 5.89 Å². The van der Waals surface area contributed by atoms with E-state index in [1.807, 2.05) is 30.3 Å². The summed E-state index contributed by atoms with van der Waals surface area (Å²) < 4.78 is 11.9. The predicted molar refractivity (Wildman–Crippen MR) is 125 cm³/mol. The highest BCUT2D eigenvalue weighted by molar-refractivity contribution is 9.10. The maximum Gasteiger partial charge on any atom is 0.338 e. The number of anilines is 1. The Morgan fingerprint density at radius 1 is 1.03 bits per heavy atom. The number of nitrogens with one attached hydrogen (secondary N) is 1. The van der Waals surface area contributed by atoms with Crippen LogP contribution in [0.25, 0.3) is 22.8 Å². The summed E-state index contributed by atoms with van der Waals surface area (Å²) in [5.41, 5.74) is 2.85. The zero-order valence-corrected chi connectivity index (χ0v) is 18.8. The number of halogens is 1. The molecule has 0 aliphatic heterocycles. The number of rotatable bonds is 6. The summed E-state index contributed by atoms with van der Waals surface area (Å²) in [5.74, 6) is 0.238. The van der Waals surface area contributed by atoms with Crippen molar-refractivity contribution in [2.75, 3.05) is 11.9 Å². The number of hydrogen-bond acceptors (Lipinski definition) is 5. The van der Waals surface area contributed by atoms with Crippen LogP contribution in [0.1, 0.15) is 27.6 Å². The van der Waals surface area contributed by atoms with E-state index in [0.29, 0.717) is 40.6 Å². The largest absolute Gasteiger partial charge is 0.462 e. The number of ether oxygens (including phenoxy) is 1. The van der Waals surface area contributed by atoms with E-state index in [2.05, 4.69) is 26.2 Å². The van der Waals surface area contributed by atoms with Gasteiger partial charge in [-0.25, -0.2) is 9.78 Å². The minimum Gasteiger partial charge on any atom is -0.462 e. The molecule has 7 heteroatoms. The van der Waals surface area contributed by atoms with Gasteiger partial charge in [-0.15, -0.1) is 0 Å². The van der Waals surface area contributed by atoms with Gasteiger partial charge in [-0.2, -0.15) is 0 Å². The van der Waals surface area contributed by atoms with Gasteiger partial charge in [0.1, 0.15) is 0 Å². The molecule has 0 fully saturated rings. The molecule has 0 aliphatic rings. The molecule has 32 heavy (non-hydrogen) atoms.